The third-order valence-corrected chi connectivity index (χ3v) is 1.76. The Morgan fingerprint density at radius 3 is 2.29 bits per heavy atom. The van der Waals surface area contributed by atoms with Gasteiger partial charge in [-0.2, -0.15) is 0 Å². The Balaban J connectivity index is 3.69. The molecule has 0 atom stereocenters. The maximum atomic E-state index is 11.1. The fourth-order valence-corrected chi connectivity index (χ4v) is 0.703. The lowest BCUT2D eigenvalue weighted by Crippen LogP contribution is -2.36. The van der Waals surface area contributed by atoms with Gasteiger partial charge >= 0.3 is 5.97 Å². The average molecular weight is 203 g/mol. The second kappa shape index (κ2) is 5.59. The van der Waals surface area contributed by atoms with E-state index >= 15 is 0 Å². The number of carboxylic acid groups (broad SMARTS) is 1. The molecule has 5 heteroatoms. The van der Waals surface area contributed by atoms with Gasteiger partial charge < -0.3 is 15.5 Å². The van der Waals surface area contributed by atoms with E-state index in [9.17, 15) is 9.59 Å². The van der Waals surface area contributed by atoms with Gasteiger partial charge in [0.25, 0.3) is 0 Å². The zero-order chi connectivity index (χ0) is 11.2. The standard InChI is InChI=1S/C9H17NO4/c1-9(2,6-11)5-10-7(12)3-4-8(13)14/h11H,3-6H2,1-2H3,(H,10,12)(H,13,14). The summed E-state index contributed by atoms with van der Waals surface area (Å²) in [6, 6.07) is 0. The summed E-state index contributed by atoms with van der Waals surface area (Å²) < 4.78 is 0. The SMILES string of the molecule is CC(C)(CO)CNC(=O)CCC(=O)O. The van der Waals surface area contributed by atoms with Crippen LogP contribution in [0.5, 0.6) is 0 Å². The van der Waals surface area contributed by atoms with Crippen molar-refractivity contribution in [1.82, 2.24) is 5.32 Å². The molecule has 0 saturated carbocycles. The number of hydrogen-bond acceptors (Lipinski definition) is 3. The lowest BCUT2D eigenvalue weighted by molar-refractivity contribution is -0.138. The molecule has 0 aliphatic rings. The van der Waals surface area contributed by atoms with Gasteiger partial charge in [0.2, 0.25) is 5.91 Å². The highest BCUT2D eigenvalue weighted by atomic mass is 16.4. The highest BCUT2D eigenvalue weighted by Crippen LogP contribution is 2.11. The topological polar surface area (TPSA) is 86.6 Å². The van der Waals surface area contributed by atoms with Crippen LogP contribution in [0.15, 0.2) is 0 Å². The lowest BCUT2D eigenvalue weighted by atomic mass is 9.95. The molecule has 0 aromatic rings. The molecular weight excluding hydrogens is 186 g/mol. The summed E-state index contributed by atoms with van der Waals surface area (Å²) in [5, 5.41) is 19.8. The highest BCUT2D eigenvalue weighted by molar-refractivity contribution is 5.80. The molecular formula is C9H17NO4. The van der Waals surface area contributed by atoms with Crippen molar-refractivity contribution in [1.29, 1.82) is 0 Å². The highest BCUT2D eigenvalue weighted by Gasteiger charge is 2.17. The van der Waals surface area contributed by atoms with E-state index in [1.165, 1.54) is 0 Å². The molecule has 0 aromatic carbocycles. The summed E-state index contributed by atoms with van der Waals surface area (Å²) in [6.45, 7) is 3.95. The number of carbonyl (C=O) groups excluding carboxylic acids is 1. The lowest BCUT2D eigenvalue weighted by Gasteiger charge is -2.21. The van der Waals surface area contributed by atoms with Gasteiger partial charge in [0.15, 0.2) is 0 Å². The Bertz CT molecular complexity index is 213. The Morgan fingerprint density at radius 1 is 1.29 bits per heavy atom. The van der Waals surface area contributed by atoms with Gasteiger partial charge in [0, 0.05) is 25.0 Å². The van der Waals surface area contributed by atoms with Gasteiger partial charge in [0.1, 0.15) is 0 Å². The predicted molar refractivity (Wildman–Crippen MR) is 50.7 cm³/mol. The van der Waals surface area contributed by atoms with E-state index in [0.29, 0.717) is 6.54 Å². The Morgan fingerprint density at radius 2 is 1.86 bits per heavy atom. The van der Waals surface area contributed by atoms with Crippen LogP contribution in [0.25, 0.3) is 0 Å². The van der Waals surface area contributed by atoms with Gasteiger partial charge in [-0.1, -0.05) is 13.8 Å². The van der Waals surface area contributed by atoms with E-state index in [4.69, 9.17) is 10.2 Å². The van der Waals surface area contributed by atoms with Gasteiger partial charge in [0.05, 0.1) is 6.42 Å². The van der Waals surface area contributed by atoms with E-state index in [2.05, 4.69) is 5.32 Å². The number of aliphatic hydroxyl groups is 1. The molecule has 0 bridgehead atoms. The summed E-state index contributed by atoms with van der Waals surface area (Å²) in [5.74, 6) is -1.28. The summed E-state index contributed by atoms with van der Waals surface area (Å²) in [4.78, 5) is 21.2. The minimum atomic E-state index is -0.985. The third-order valence-electron chi connectivity index (χ3n) is 1.76. The first-order valence-corrected chi connectivity index (χ1v) is 4.47. The molecule has 0 heterocycles. The Hall–Kier alpha value is -1.10. The van der Waals surface area contributed by atoms with E-state index in [1.807, 2.05) is 13.8 Å². The minimum Gasteiger partial charge on any atom is -0.481 e. The fourth-order valence-electron chi connectivity index (χ4n) is 0.703. The second-order valence-corrected chi connectivity index (χ2v) is 3.99. The number of nitrogens with one attached hydrogen (secondary N) is 1. The van der Waals surface area contributed by atoms with Crippen LogP contribution in [0.1, 0.15) is 26.7 Å². The van der Waals surface area contributed by atoms with Crippen LogP contribution >= 0.6 is 0 Å². The van der Waals surface area contributed by atoms with Crippen molar-refractivity contribution < 1.29 is 19.8 Å². The van der Waals surface area contributed by atoms with Gasteiger partial charge in [-0.25, -0.2) is 0 Å². The quantitative estimate of drug-likeness (QED) is 0.566. The molecule has 0 radical (unpaired) electrons. The van der Waals surface area contributed by atoms with E-state index in [-0.39, 0.29) is 30.8 Å². The van der Waals surface area contributed by atoms with Crippen molar-refractivity contribution in [2.75, 3.05) is 13.2 Å². The number of rotatable bonds is 6. The fraction of sp³-hybridized carbons (Fsp3) is 0.778. The number of amides is 1. The molecule has 5 nitrogen and oxygen atoms in total. The molecule has 0 fully saturated rings. The molecule has 0 aromatic heterocycles. The van der Waals surface area contributed by atoms with Crippen LogP contribution in [0.2, 0.25) is 0 Å². The summed E-state index contributed by atoms with van der Waals surface area (Å²) >= 11 is 0. The molecule has 0 saturated heterocycles. The number of hydrogen-bond donors (Lipinski definition) is 3. The number of carboxylic acids is 1. The summed E-state index contributed by atoms with van der Waals surface area (Å²) in [5.41, 5.74) is -0.362. The van der Waals surface area contributed by atoms with Gasteiger partial charge in [-0.05, 0) is 0 Å². The molecule has 1 amide bonds. The van der Waals surface area contributed by atoms with E-state index in [1.54, 1.807) is 0 Å². The van der Waals surface area contributed by atoms with Crippen LogP contribution in [0.4, 0.5) is 0 Å². The van der Waals surface area contributed by atoms with Gasteiger partial charge in [-0.3, -0.25) is 9.59 Å². The zero-order valence-corrected chi connectivity index (χ0v) is 8.54. The second-order valence-electron chi connectivity index (χ2n) is 3.99. The molecule has 14 heavy (non-hydrogen) atoms. The maximum Gasteiger partial charge on any atom is 0.303 e. The largest absolute Gasteiger partial charge is 0.481 e. The first kappa shape index (κ1) is 12.9. The van der Waals surface area contributed by atoms with Crippen LogP contribution in [-0.2, 0) is 9.59 Å². The van der Waals surface area contributed by atoms with Crippen molar-refractivity contribution in [3.63, 3.8) is 0 Å². The van der Waals surface area contributed by atoms with Crippen LogP contribution in [0.3, 0.4) is 0 Å². The van der Waals surface area contributed by atoms with Crippen LogP contribution < -0.4 is 5.32 Å². The summed E-state index contributed by atoms with van der Waals surface area (Å²) in [6.07, 6.45) is -0.178. The average Bonchev–Trinajstić information content (AvgIpc) is 2.11. The van der Waals surface area contributed by atoms with Crippen molar-refractivity contribution in [2.45, 2.75) is 26.7 Å². The van der Waals surface area contributed by atoms with Crippen LogP contribution in [0, 0.1) is 5.41 Å². The first-order valence-electron chi connectivity index (χ1n) is 4.47. The molecule has 3 N–H and O–H groups in total. The number of aliphatic carboxylic acids is 1. The van der Waals surface area contributed by atoms with Crippen molar-refractivity contribution >= 4 is 11.9 Å². The van der Waals surface area contributed by atoms with Gasteiger partial charge in [-0.15, -0.1) is 0 Å². The molecule has 0 unspecified atom stereocenters. The van der Waals surface area contributed by atoms with E-state index < -0.39 is 5.97 Å². The molecule has 0 aliphatic heterocycles. The minimum absolute atomic E-state index is 0.0170. The molecule has 82 valence electrons. The van der Waals surface area contributed by atoms with Crippen molar-refractivity contribution in [3.05, 3.63) is 0 Å². The Labute approximate surface area is 83.1 Å². The van der Waals surface area contributed by atoms with Crippen LogP contribution in [-0.4, -0.2) is 35.2 Å². The van der Waals surface area contributed by atoms with E-state index in [0.717, 1.165) is 0 Å². The maximum absolute atomic E-state index is 11.1. The van der Waals surface area contributed by atoms with Crippen molar-refractivity contribution in [2.24, 2.45) is 5.41 Å². The normalized spacial score (nSPS) is 11.1. The first-order chi connectivity index (χ1) is 6.37. The molecule has 0 aliphatic carbocycles. The molecule has 0 rings (SSSR count). The number of carbonyl (C=O) groups is 2. The zero-order valence-electron chi connectivity index (χ0n) is 8.54. The van der Waals surface area contributed by atoms with Crippen molar-refractivity contribution in [3.8, 4) is 0 Å². The number of aliphatic hydroxyl groups excluding tert-OH is 1. The molecule has 0 spiro atoms. The summed E-state index contributed by atoms with van der Waals surface area (Å²) in [7, 11) is 0. The third kappa shape index (κ3) is 6.42. The Kier molecular flexibility index (Phi) is 5.15. The monoisotopic (exact) mass is 203 g/mol. The smallest absolute Gasteiger partial charge is 0.303 e. The predicted octanol–water partition coefficient (Wildman–Crippen LogP) is -0.0141.